The molecule has 0 aliphatic carbocycles. The van der Waals surface area contributed by atoms with Crippen LogP contribution in [0.5, 0.6) is 0 Å². The van der Waals surface area contributed by atoms with Gasteiger partial charge in [0.2, 0.25) is 0 Å². The quantitative estimate of drug-likeness (QED) is 0.0356. The van der Waals surface area contributed by atoms with E-state index in [2.05, 4.69) is 10.2 Å². The lowest BCUT2D eigenvalue weighted by Gasteiger charge is -2.10. The molecule has 0 saturated heterocycles. The average Bonchev–Trinajstić information content (AvgIpc) is 2.86. The predicted molar refractivity (Wildman–Crippen MR) is 105 cm³/mol. The van der Waals surface area contributed by atoms with Gasteiger partial charge in [0.1, 0.15) is 22.5 Å². The predicted octanol–water partition coefficient (Wildman–Crippen LogP) is 3.63. The molecule has 5 N–H and O–H groups in total. The Morgan fingerprint density at radius 3 is 1.12 bits per heavy atom. The van der Waals surface area contributed by atoms with Crippen molar-refractivity contribution in [3.05, 3.63) is 78.6 Å². The monoisotopic (exact) mass is 632 g/mol. The van der Waals surface area contributed by atoms with Crippen molar-refractivity contribution in [1.82, 2.24) is 10.9 Å². The van der Waals surface area contributed by atoms with Crippen molar-refractivity contribution in [2.24, 2.45) is 10.2 Å². The maximum Gasteiger partial charge on any atom is 0.522 e. The molecule has 26 heteroatoms. The lowest BCUT2D eigenvalue weighted by atomic mass is 10.1. The van der Waals surface area contributed by atoms with Gasteiger partial charge in [-0.05, 0) is 11.1 Å². The fourth-order valence-electron chi connectivity index (χ4n) is 2.22. The van der Waals surface area contributed by atoms with E-state index in [0.29, 0.717) is 0 Å². The number of hydrogen-bond acceptors (Lipinski definition) is 6. The number of nitrogens with two attached hydrogens (primary N) is 1. The maximum absolute atomic E-state index is 13.9. The van der Waals surface area contributed by atoms with Crippen molar-refractivity contribution >= 4 is 33.3 Å². The van der Waals surface area contributed by atoms with Gasteiger partial charge in [-0.1, -0.05) is 10.2 Å². The van der Waals surface area contributed by atoms with Crippen molar-refractivity contribution in [3.63, 3.8) is 0 Å². The third-order valence-electron chi connectivity index (χ3n) is 3.92. The number of carbonyl (C=O) groups excluding carboxylic acids is 2. The van der Waals surface area contributed by atoms with E-state index in [0.717, 1.165) is 0 Å². The Morgan fingerprint density at radius 2 is 0.927 bits per heavy atom. The van der Waals surface area contributed by atoms with Crippen LogP contribution in [-0.4, -0.2) is 30.3 Å². The van der Waals surface area contributed by atoms with E-state index < -0.39 is 96.5 Å². The number of azide groups is 2. The molecule has 2 aromatic carbocycles. The van der Waals surface area contributed by atoms with Gasteiger partial charge in [0.15, 0.2) is 46.5 Å². The molecule has 0 aromatic heterocycles. The summed E-state index contributed by atoms with van der Waals surface area (Å²) in [6, 6.07) is 0. The van der Waals surface area contributed by atoms with Gasteiger partial charge < -0.3 is 0 Å². The highest BCUT2D eigenvalue weighted by atomic mass is 32.2. The van der Waals surface area contributed by atoms with Gasteiger partial charge in [0, 0.05) is 9.82 Å². The molecular formula is C15H5F11N9O5S+. The van der Waals surface area contributed by atoms with Crippen molar-refractivity contribution in [2.45, 2.75) is 5.51 Å². The zero-order valence-electron chi connectivity index (χ0n) is 18.4. The first-order chi connectivity index (χ1) is 18.7. The SMILES string of the molecule is O=S(=O)(O)C(F)(F)F.[N-]=[N+]=Nc1c(F)c(F)c(C(=O)N[NH2+]NC(=O)c2c(F)c(F)c(N=[N+]=[N-])c(F)c2F)c(F)c1F. The van der Waals surface area contributed by atoms with Crippen LogP contribution in [0.25, 0.3) is 20.9 Å². The molecule has 0 bridgehead atoms. The number of quaternary nitrogens is 1. The van der Waals surface area contributed by atoms with Crippen LogP contribution in [0.3, 0.4) is 0 Å². The molecule has 2 rings (SSSR count). The summed E-state index contributed by atoms with van der Waals surface area (Å²) in [5, 5.41) is 4.78. The van der Waals surface area contributed by atoms with E-state index in [1.165, 1.54) is 10.9 Å². The highest BCUT2D eigenvalue weighted by molar-refractivity contribution is 7.86. The Morgan fingerprint density at radius 1 is 0.683 bits per heavy atom. The summed E-state index contributed by atoms with van der Waals surface area (Å²) in [6.07, 6.45) is 0. The molecule has 0 heterocycles. The number of nitrogens with one attached hydrogen (secondary N) is 2. The summed E-state index contributed by atoms with van der Waals surface area (Å²) in [6.45, 7) is 0. The van der Waals surface area contributed by atoms with Crippen LogP contribution in [0.4, 0.5) is 59.7 Å². The van der Waals surface area contributed by atoms with E-state index >= 15 is 0 Å². The Bertz CT molecular complexity index is 1470. The Balaban J connectivity index is 0.000000915. The second-order valence-corrected chi connectivity index (χ2v) is 7.76. The number of rotatable bonds is 6. The number of amides is 2. The fraction of sp³-hybridized carbons (Fsp3) is 0.0667. The first-order valence-electron chi connectivity index (χ1n) is 9.03. The molecule has 0 saturated carbocycles. The van der Waals surface area contributed by atoms with Crippen LogP contribution in [0, 0.1) is 46.5 Å². The number of hydrogen-bond donors (Lipinski definition) is 4. The summed E-state index contributed by atoms with van der Waals surface area (Å²) < 4.78 is 168. The third kappa shape index (κ3) is 7.40. The van der Waals surface area contributed by atoms with Crippen molar-refractivity contribution in [3.8, 4) is 0 Å². The summed E-state index contributed by atoms with van der Waals surface area (Å²) in [4.78, 5) is 27.5. The molecule has 0 radical (unpaired) electrons. The highest BCUT2D eigenvalue weighted by Gasteiger charge is 2.44. The van der Waals surface area contributed by atoms with Crippen LogP contribution >= 0.6 is 0 Å². The number of halogens is 11. The topological polar surface area (TPSA) is 227 Å². The first-order valence-corrected chi connectivity index (χ1v) is 10.5. The van der Waals surface area contributed by atoms with E-state index in [4.69, 9.17) is 24.0 Å². The van der Waals surface area contributed by atoms with Crippen molar-refractivity contribution in [1.29, 1.82) is 0 Å². The van der Waals surface area contributed by atoms with Gasteiger partial charge in [-0.25, -0.2) is 35.1 Å². The number of carbonyl (C=O) groups is 2. The molecule has 2 amide bonds. The minimum absolute atomic E-state index is 0.0523. The summed E-state index contributed by atoms with van der Waals surface area (Å²) >= 11 is 0. The fourth-order valence-corrected chi connectivity index (χ4v) is 2.22. The maximum atomic E-state index is 13.9. The first kappa shape index (κ1) is 34.1. The number of alkyl halides is 3. The van der Waals surface area contributed by atoms with E-state index in [1.807, 2.05) is 9.82 Å². The lowest BCUT2D eigenvalue weighted by molar-refractivity contribution is -0.738. The van der Waals surface area contributed by atoms with Gasteiger partial charge in [0.25, 0.3) is 0 Å². The van der Waals surface area contributed by atoms with Crippen LogP contribution in [0.15, 0.2) is 10.2 Å². The average molecular weight is 632 g/mol. The number of nitrogens with zero attached hydrogens (tertiary/aromatic N) is 6. The van der Waals surface area contributed by atoms with Crippen molar-refractivity contribution < 1.29 is 76.4 Å². The molecule has 14 nitrogen and oxygen atoms in total. The Kier molecular flexibility index (Phi) is 10.8. The molecule has 0 atom stereocenters. The second-order valence-electron chi connectivity index (χ2n) is 6.35. The van der Waals surface area contributed by atoms with Gasteiger partial charge in [-0.3, -0.25) is 14.1 Å². The van der Waals surface area contributed by atoms with Gasteiger partial charge in [-0.2, -0.15) is 32.4 Å². The molecule has 0 spiro atoms. The van der Waals surface area contributed by atoms with E-state index in [-0.39, 0.29) is 5.53 Å². The van der Waals surface area contributed by atoms with Crippen LogP contribution in [0.2, 0.25) is 0 Å². The molecular weight excluding hydrogens is 627 g/mol. The smallest absolute Gasteiger partial charge is 0.279 e. The van der Waals surface area contributed by atoms with E-state index in [9.17, 15) is 57.9 Å². The summed E-state index contributed by atoms with van der Waals surface area (Å²) in [5.41, 5.74) is 6.33. The van der Waals surface area contributed by atoms with Crippen molar-refractivity contribution in [2.75, 3.05) is 0 Å². The summed E-state index contributed by atoms with van der Waals surface area (Å²) in [5.74, 6) is -22.1. The van der Waals surface area contributed by atoms with Gasteiger partial charge in [-0.15, -0.1) is 5.53 Å². The molecule has 0 aliphatic heterocycles. The zero-order valence-corrected chi connectivity index (χ0v) is 19.2. The Labute approximate surface area is 215 Å². The molecule has 41 heavy (non-hydrogen) atoms. The minimum atomic E-state index is -5.84. The van der Waals surface area contributed by atoms with Crippen LogP contribution in [0.1, 0.15) is 20.7 Å². The van der Waals surface area contributed by atoms with E-state index in [1.54, 1.807) is 0 Å². The largest absolute Gasteiger partial charge is 0.522 e. The minimum Gasteiger partial charge on any atom is -0.279 e. The molecule has 0 aliphatic rings. The van der Waals surface area contributed by atoms with Crippen LogP contribution < -0.4 is 16.4 Å². The molecule has 2 aromatic rings. The van der Waals surface area contributed by atoms with Crippen LogP contribution in [-0.2, 0) is 10.1 Å². The number of nitrogen functional groups attached to an aromatic ring is 2. The molecule has 222 valence electrons. The highest BCUT2D eigenvalue weighted by Crippen LogP contribution is 2.31. The van der Waals surface area contributed by atoms with Gasteiger partial charge in [0.05, 0.1) is 0 Å². The molecule has 0 fully saturated rings. The summed E-state index contributed by atoms with van der Waals surface area (Å²) in [7, 11) is -5.84. The standard InChI is InChI=1S/C14H3F8N9O2.CHF3O3S/c15-3-1(4(16)8(20)11(7(3)19)25-29-23)13(32)27-31-28-14(33)2-5(17)9(21)12(26-30-24)10(22)6(2)18;2-1(3,4)8(5,6)7/h31H,(H,27,32)(H,28,33);(H,5,6,7)/p+1. The number of benzene rings is 2. The second kappa shape index (κ2) is 13.0. The normalized spacial score (nSPS) is 10.9. The zero-order chi connectivity index (χ0) is 32.0. The third-order valence-corrected chi connectivity index (χ3v) is 4.51. The molecule has 0 unspecified atom stereocenters. The lowest BCUT2D eigenvalue weighted by Crippen LogP contribution is -3.02. The van der Waals surface area contributed by atoms with Gasteiger partial charge >= 0.3 is 27.4 Å². The Hall–Kier alpha value is -4.90.